The Morgan fingerprint density at radius 3 is 2.71 bits per heavy atom. The Hall–Kier alpha value is -2.16. The van der Waals surface area contributed by atoms with E-state index in [1.165, 1.54) is 22.7 Å². The summed E-state index contributed by atoms with van der Waals surface area (Å²) < 4.78 is 8.34. The van der Waals surface area contributed by atoms with Crippen LogP contribution >= 0.6 is 15.9 Å². The number of ether oxygens (including phenoxy) is 1. The van der Waals surface area contributed by atoms with E-state index in [2.05, 4.69) is 36.2 Å². The number of carbonyl (C=O) groups is 2. The van der Waals surface area contributed by atoms with Crippen LogP contribution in [0.1, 0.15) is 23.5 Å². The molecule has 1 amide bonds. The molecule has 8 nitrogen and oxygen atoms in total. The maximum atomic E-state index is 12.2. The number of aryl methyl sites for hydroxylation is 1. The van der Waals surface area contributed by atoms with Crippen molar-refractivity contribution in [2.45, 2.75) is 13.0 Å². The SMILES string of the molecule is COC(=O)c1nn(C)cc1NC(=O)C(C)n1cc(Br)cn1. The molecular formula is C12H14BrN5O3. The monoisotopic (exact) mass is 355 g/mol. The maximum Gasteiger partial charge on any atom is 0.360 e. The predicted molar refractivity (Wildman–Crippen MR) is 77.8 cm³/mol. The van der Waals surface area contributed by atoms with Crippen LogP contribution in [0.25, 0.3) is 0 Å². The minimum atomic E-state index is -0.611. The van der Waals surface area contributed by atoms with Crippen LogP contribution in [-0.4, -0.2) is 38.5 Å². The van der Waals surface area contributed by atoms with E-state index in [-0.39, 0.29) is 11.6 Å². The normalized spacial score (nSPS) is 12.0. The Kier molecular flexibility index (Phi) is 4.41. The molecule has 0 saturated carbocycles. The lowest BCUT2D eigenvalue weighted by atomic mass is 10.3. The maximum absolute atomic E-state index is 12.2. The third kappa shape index (κ3) is 3.30. The first kappa shape index (κ1) is 15.2. The minimum absolute atomic E-state index is 0.0576. The largest absolute Gasteiger partial charge is 0.464 e. The lowest BCUT2D eigenvalue weighted by molar-refractivity contribution is -0.119. The molecule has 1 atom stereocenters. The lowest BCUT2D eigenvalue weighted by Crippen LogP contribution is -2.24. The van der Waals surface area contributed by atoms with Gasteiger partial charge in [-0.05, 0) is 22.9 Å². The van der Waals surface area contributed by atoms with Crippen molar-refractivity contribution in [3.8, 4) is 0 Å². The van der Waals surface area contributed by atoms with Crippen LogP contribution in [0.15, 0.2) is 23.1 Å². The summed E-state index contributed by atoms with van der Waals surface area (Å²) in [5.74, 6) is -0.927. The average Bonchev–Trinajstić information content (AvgIpc) is 3.03. The smallest absolute Gasteiger partial charge is 0.360 e. The molecular weight excluding hydrogens is 342 g/mol. The second-order valence-corrected chi connectivity index (χ2v) is 5.28. The molecule has 0 aliphatic carbocycles. The van der Waals surface area contributed by atoms with Crippen molar-refractivity contribution in [1.29, 1.82) is 0 Å². The van der Waals surface area contributed by atoms with Gasteiger partial charge in [0.15, 0.2) is 5.69 Å². The van der Waals surface area contributed by atoms with Crippen LogP contribution < -0.4 is 5.32 Å². The van der Waals surface area contributed by atoms with Gasteiger partial charge in [-0.2, -0.15) is 10.2 Å². The number of aromatic nitrogens is 4. The first-order valence-electron chi connectivity index (χ1n) is 6.05. The molecule has 1 unspecified atom stereocenters. The van der Waals surface area contributed by atoms with Gasteiger partial charge in [-0.3, -0.25) is 14.2 Å². The molecule has 0 bridgehead atoms. The van der Waals surface area contributed by atoms with Crippen molar-refractivity contribution < 1.29 is 14.3 Å². The van der Waals surface area contributed by atoms with Gasteiger partial charge in [-0.25, -0.2) is 4.79 Å². The van der Waals surface area contributed by atoms with Crippen molar-refractivity contribution in [1.82, 2.24) is 19.6 Å². The number of nitrogens with zero attached hydrogens (tertiary/aromatic N) is 4. The number of rotatable bonds is 4. The third-order valence-corrected chi connectivity index (χ3v) is 3.22. The van der Waals surface area contributed by atoms with E-state index in [4.69, 9.17) is 0 Å². The Bertz CT molecular complexity index is 678. The molecule has 0 aromatic carbocycles. The molecule has 112 valence electrons. The van der Waals surface area contributed by atoms with Gasteiger partial charge in [0.1, 0.15) is 6.04 Å². The highest BCUT2D eigenvalue weighted by Crippen LogP contribution is 2.17. The molecule has 2 aromatic rings. The summed E-state index contributed by atoms with van der Waals surface area (Å²) in [5.41, 5.74) is 0.356. The number of esters is 1. The van der Waals surface area contributed by atoms with Crippen LogP contribution in [0.2, 0.25) is 0 Å². The number of hydrogen-bond acceptors (Lipinski definition) is 5. The number of hydrogen-bond donors (Lipinski definition) is 1. The summed E-state index contributed by atoms with van der Waals surface area (Å²) in [6.45, 7) is 1.70. The minimum Gasteiger partial charge on any atom is -0.464 e. The molecule has 21 heavy (non-hydrogen) atoms. The molecule has 2 rings (SSSR count). The van der Waals surface area contributed by atoms with Crippen molar-refractivity contribution in [2.75, 3.05) is 12.4 Å². The van der Waals surface area contributed by atoms with Crippen molar-refractivity contribution in [2.24, 2.45) is 7.05 Å². The fraction of sp³-hybridized carbons (Fsp3) is 0.333. The molecule has 0 aliphatic rings. The van der Waals surface area contributed by atoms with Gasteiger partial charge in [-0.15, -0.1) is 0 Å². The second kappa shape index (κ2) is 6.08. The van der Waals surface area contributed by atoms with Gasteiger partial charge >= 0.3 is 5.97 Å². The lowest BCUT2D eigenvalue weighted by Gasteiger charge is -2.12. The Morgan fingerprint density at radius 1 is 1.43 bits per heavy atom. The predicted octanol–water partition coefficient (Wildman–Crippen LogP) is 1.37. The van der Waals surface area contributed by atoms with E-state index in [1.54, 1.807) is 26.4 Å². The zero-order chi connectivity index (χ0) is 15.6. The first-order valence-corrected chi connectivity index (χ1v) is 6.84. The second-order valence-electron chi connectivity index (χ2n) is 4.36. The number of methoxy groups -OCH3 is 1. The molecule has 0 saturated heterocycles. The highest BCUT2D eigenvalue weighted by Gasteiger charge is 2.22. The van der Waals surface area contributed by atoms with E-state index in [9.17, 15) is 9.59 Å². The summed E-state index contributed by atoms with van der Waals surface area (Å²) >= 11 is 3.27. The molecule has 0 radical (unpaired) electrons. The molecule has 0 fully saturated rings. The highest BCUT2D eigenvalue weighted by atomic mass is 79.9. The van der Waals surface area contributed by atoms with Crippen molar-refractivity contribution in [3.63, 3.8) is 0 Å². The first-order chi connectivity index (χ1) is 9.92. The molecule has 1 N–H and O–H groups in total. The topological polar surface area (TPSA) is 91.0 Å². The summed E-state index contributed by atoms with van der Waals surface area (Å²) in [4.78, 5) is 23.8. The number of halogens is 1. The highest BCUT2D eigenvalue weighted by molar-refractivity contribution is 9.10. The van der Waals surface area contributed by atoms with E-state index in [0.717, 1.165) is 4.47 Å². The van der Waals surface area contributed by atoms with Crippen molar-refractivity contribution >= 4 is 33.5 Å². The van der Waals surface area contributed by atoms with Gasteiger partial charge in [0.25, 0.3) is 0 Å². The van der Waals surface area contributed by atoms with Gasteiger partial charge in [0.05, 0.1) is 23.5 Å². The van der Waals surface area contributed by atoms with E-state index >= 15 is 0 Å². The Labute approximate surface area is 129 Å². The quantitative estimate of drug-likeness (QED) is 0.836. The number of nitrogens with one attached hydrogen (secondary N) is 1. The molecule has 2 aromatic heterocycles. The summed E-state index contributed by atoms with van der Waals surface area (Å²) in [7, 11) is 2.91. The Morgan fingerprint density at radius 2 is 2.14 bits per heavy atom. The van der Waals surface area contributed by atoms with Gasteiger partial charge < -0.3 is 10.1 Å². The van der Waals surface area contributed by atoms with Crippen LogP contribution in [-0.2, 0) is 16.6 Å². The van der Waals surface area contributed by atoms with Crippen LogP contribution in [0.5, 0.6) is 0 Å². The number of carbonyl (C=O) groups excluding carboxylic acids is 2. The van der Waals surface area contributed by atoms with Crippen LogP contribution in [0.3, 0.4) is 0 Å². The molecule has 0 spiro atoms. The third-order valence-electron chi connectivity index (χ3n) is 2.81. The fourth-order valence-corrected chi connectivity index (χ4v) is 2.01. The molecule has 2 heterocycles. The van der Waals surface area contributed by atoms with E-state index in [0.29, 0.717) is 5.69 Å². The van der Waals surface area contributed by atoms with E-state index < -0.39 is 12.0 Å². The number of anilines is 1. The zero-order valence-electron chi connectivity index (χ0n) is 11.7. The fourth-order valence-electron chi connectivity index (χ4n) is 1.71. The van der Waals surface area contributed by atoms with Crippen molar-refractivity contribution in [3.05, 3.63) is 28.8 Å². The van der Waals surface area contributed by atoms with Gasteiger partial charge in [0, 0.05) is 19.4 Å². The molecule has 9 heteroatoms. The standard InChI is InChI=1S/C12H14BrN5O3/c1-7(18-5-8(13)4-14-18)11(19)15-9-6-17(2)16-10(9)12(20)21-3/h4-7H,1-3H3,(H,15,19). The zero-order valence-corrected chi connectivity index (χ0v) is 13.3. The Balaban J connectivity index is 2.18. The summed E-state index contributed by atoms with van der Waals surface area (Å²) in [6, 6.07) is -0.540. The van der Waals surface area contributed by atoms with Crippen LogP contribution in [0, 0.1) is 0 Å². The van der Waals surface area contributed by atoms with E-state index in [1.807, 2.05) is 0 Å². The average molecular weight is 356 g/mol. The molecule has 0 aliphatic heterocycles. The summed E-state index contributed by atoms with van der Waals surface area (Å²) in [5, 5.41) is 10.7. The van der Waals surface area contributed by atoms with Crippen LogP contribution in [0.4, 0.5) is 5.69 Å². The summed E-state index contributed by atoms with van der Waals surface area (Å²) in [6.07, 6.45) is 4.82. The van der Waals surface area contributed by atoms with Gasteiger partial charge in [-0.1, -0.05) is 0 Å². The number of amides is 1. The van der Waals surface area contributed by atoms with Gasteiger partial charge in [0.2, 0.25) is 5.91 Å².